The number of amides is 1. The number of para-hydroxylation sites is 1. The van der Waals surface area contributed by atoms with Crippen LogP contribution in [0.5, 0.6) is 0 Å². The first-order valence-electron chi connectivity index (χ1n) is 7.64. The molecule has 2 aromatic carbocycles. The monoisotopic (exact) mass is 335 g/mol. The Hall–Kier alpha value is -3.41. The second-order valence-corrected chi connectivity index (χ2v) is 5.99. The van der Waals surface area contributed by atoms with E-state index in [1.165, 1.54) is 0 Å². The molecule has 4 rings (SSSR count). The first kappa shape index (κ1) is 15.1. The number of benzene rings is 2. The Bertz CT molecular complexity index is 974. The quantitative estimate of drug-likeness (QED) is 0.361. The lowest BCUT2D eigenvalue weighted by molar-refractivity contribution is -0.157. The molecule has 2 aliphatic heterocycles. The van der Waals surface area contributed by atoms with E-state index in [2.05, 4.69) is 5.32 Å². The van der Waals surface area contributed by atoms with Crippen molar-refractivity contribution in [3.8, 4) is 0 Å². The minimum absolute atomic E-state index is 0.323. The molecule has 1 saturated heterocycles. The van der Waals surface area contributed by atoms with E-state index in [1.54, 1.807) is 48.5 Å². The van der Waals surface area contributed by atoms with Gasteiger partial charge in [0.25, 0.3) is 17.3 Å². The molecule has 2 aromatic rings. The normalized spacial score (nSPS) is 23.5. The highest BCUT2D eigenvalue weighted by Crippen LogP contribution is 2.49. The van der Waals surface area contributed by atoms with E-state index >= 15 is 0 Å². The second kappa shape index (κ2) is 5.04. The molecular formula is C19H13NO5. The number of Topliss-reactive ketones (excluding diaryl/α,β-unsaturated/α-hetero) is 1. The van der Waals surface area contributed by atoms with Gasteiger partial charge in [-0.15, -0.1) is 0 Å². The lowest BCUT2D eigenvalue weighted by Crippen LogP contribution is -2.36. The fourth-order valence-electron chi connectivity index (χ4n) is 3.21. The molecule has 0 aromatic heterocycles. The van der Waals surface area contributed by atoms with Crippen LogP contribution in [0.4, 0.5) is 5.69 Å². The number of esters is 1. The van der Waals surface area contributed by atoms with Gasteiger partial charge in [-0.3, -0.25) is 9.59 Å². The molecule has 0 radical (unpaired) electrons. The van der Waals surface area contributed by atoms with E-state index in [-0.39, 0.29) is 5.57 Å². The average Bonchev–Trinajstić information content (AvgIpc) is 3.03. The fourth-order valence-corrected chi connectivity index (χ4v) is 3.21. The lowest BCUT2D eigenvalue weighted by Gasteiger charge is -2.21. The number of ketones is 1. The number of hydrogen-bond acceptors (Lipinski definition) is 5. The number of aryl methyl sites for hydroxylation is 1. The number of ether oxygens (including phenoxy) is 1. The van der Waals surface area contributed by atoms with Gasteiger partial charge in [-0.05, 0) is 13.0 Å². The zero-order valence-electron chi connectivity index (χ0n) is 13.2. The van der Waals surface area contributed by atoms with Gasteiger partial charge >= 0.3 is 5.97 Å². The fraction of sp³-hybridized carbons (Fsp3) is 0.105. The number of rotatable bonds is 1. The van der Waals surface area contributed by atoms with Crippen LogP contribution < -0.4 is 5.32 Å². The van der Waals surface area contributed by atoms with Crippen molar-refractivity contribution in [3.05, 3.63) is 70.8 Å². The number of aliphatic hydroxyl groups excluding tert-OH is 1. The van der Waals surface area contributed by atoms with Gasteiger partial charge in [0.15, 0.2) is 0 Å². The summed E-state index contributed by atoms with van der Waals surface area (Å²) < 4.78 is 5.22. The molecule has 6 nitrogen and oxygen atoms in total. The van der Waals surface area contributed by atoms with Crippen LogP contribution in [0.25, 0.3) is 5.76 Å². The molecule has 0 bridgehead atoms. The minimum atomic E-state index is -1.96. The van der Waals surface area contributed by atoms with Crippen LogP contribution in [-0.2, 0) is 24.7 Å². The van der Waals surface area contributed by atoms with Crippen molar-refractivity contribution >= 4 is 29.1 Å². The first-order valence-corrected chi connectivity index (χ1v) is 7.64. The van der Waals surface area contributed by atoms with E-state index in [1.807, 2.05) is 6.92 Å². The van der Waals surface area contributed by atoms with Crippen LogP contribution in [0.3, 0.4) is 0 Å². The van der Waals surface area contributed by atoms with Crippen molar-refractivity contribution in [1.82, 2.24) is 0 Å². The summed E-state index contributed by atoms with van der Waals surface area (Å²) >= 11 is 0. The highest BCUT2D eigenvalue weighted by Gasteiger charge is 2.63. The highest BCUT2D eigenvalue weighted by atomic mass is 16.6. The molecule has 1 fully saturated rings. The van der Waals surface area contributed by atoms with Crippen LogP contribution in [0, 0.1) is 6.92 Å². The molecule has 1 unspecified atom stereocenters. The lowest BCUT2D eigenvalue weighted by atomic mass is 9.84. The number of carbonyl (C=O) groups is 3. The molecule has 1 spiro atoms. The third-order valence-electron chi connectivity index (χ3n) is 4.45. The van der Waals surface area contributed by atoms with Gasteiger partial charge in [-0.2, -0.15) is 0 Å². The predicted octanol–water partition coefficient (Wildman–Crippen LogP) is 2.24. The van der Waals surface area contributed by atoms with Crippen molar-refractivity contribution in [2.45, 2.75) is 12.5 Å². The topological polar surface area (TPSA) is 92.7 Å². The Morgan fingerprint density at radius 2 is 1.72 bits per heavy atom. The van der Waals surface area contributed by atoms with Crippen molar-refractivity contribution in [2.75, 3.05) is 5.32 Å². The van der Waals surface area contributed by atoms with Crippen LogP contribution in [-0.4, -0.2) is 22.8 Å². The third kappa shape index (κ3) is 1.94. The van der Waals surface area contributed by atoms with Crippen LogP contribution in [0.2, 0.25) is 0 Å². The van der Waals surface area contributed by atoms with Crippen molar-refractivity contribution < 1.29 is 24.2 Å². The molecule has 0 saturated carbocycles. The zero-order chi connectivity index (χ0) is 17.8. The smallest absolute Gasteiger partial charge is 0.381 e. The Morgan fingerprint density at radius 1 is 1.04 bits per heavy atom. The van der Waals surface area contributed by atoms with Gasteiger partial charge in [0.05, 0.1) is 0 Å². The largest absolute Gasteiger partial charge is 0.507 e. The summed E-state index contributed by atoms with van der Waals surface area (Å²) in [6.45, 7) is 1.88. The molecule has 6 heteroatoms. The van der Waals surface area contributed by atoms with E-state index in [4.69, 9.17) is 4.74 Å². The predicted molar refractivity (Wildman–Crippen MR) is 88.6 cm³/mol. The number of hydrogen-bond donors (Lipinski definition) is 2. The Labute approximate surface area is 142 Å². The van der Waals surface area contributed by atoms with Crippen molar-refractivity contribution in [1.29, 1.82) is 0 Å². The highest BCUT2D eigenvalue weighted by molar-refractivity contribution is 6.47. The number of anilines is 1. The van der Waals surface area contributed by atoms with Gasteiger partial charge in [-0.25, -0.2) is 4.79 Å². The summed E-state index contributed by atoms with van der Waals surface area (Å²) in [6.07, 6.45) is 0. The zero-order valence-corrected chi connectivity index (χ0v) is 13.2. The SMILES string of the molecule is Cc1ccc(C(O)=C2C(=O)C(=O)OC23C(=O)Nc2ccccc23)cc1. The molecule has 25 heavy (non-hydrogen) atoms. The maximum Gasteiger partial charge on any atom is 0.381 e. The first-order chi connectivity index (χ1) is 11.9. The third-order valence-corrected chi connectivity index (χ3v) is 4.45. The number of carbonyl (C=O) groups excluding carboxylic acids is 3. The van der Waals surface area contributed by atoms with E-state index < -0.39 is 29.0 Å². The summed E-state index contributed by atoms with van der Waals surface area (Å²) in [5.41, 5.74) is -0.269. The summed E-state index contributed by atoms with van der Waals surface area (Å²) in [7, 11) is 0. The van der Waals surface area contributed by atoms with Gasteiger partial charge in [0.1, 0.15) is 11.3 Å². The van der Waals surface area contributed by atoms with Crippen molar-refractivity contribution in [2.24, 2.45) is 0 Å². The second-order valence-electron chi connectivity index (χ2n) is 5.99. The van der Waals surface area contributed by atoms with E-state index in [9.17, 15) is 19.5 Å². The maximum absolute atomic E-state index is 12.7. The molecule has 124 valence electrons. The summed E-state index contributed by atoms with van der Waals surface area (Å²) in [5.74, 6) is -3.31. The molecule has 2 aliphatic rings. The number of aliphatic hydroxyl groups is 1. The molecule has 2 heterocycles. The Balaban J connectivity index is 2.01. The summed E-state index contributed by atoms with van der Waals surface area (Å²) in [5, 5.41) is 13.3. The van der Waals surface area contributed by atoms with Crippen LogP contribution in [0.15, 0.2) is 54.1 Å². The van der Waals surface area contributed by atoms with Crippen molar-refractivity contribution in [3.63, 3.8) is 0 Å². The number of nitrogens with one attached hydrogen (secondary N) is 1. The number of fused-ring (bicyclic) bond motifs is 2. The Kier molecular flexibility index (Phi) is 3.05. The van der Waals surface area contributed by atoms with Crippen LogP contribution in [0.1, 0.15) is 16.7 Å². The molecular weight excluding hydrogens is 322 g/mol. The summed E-state index contributed by atoms with van der Waals surface area (Å²) in [4.78, 5) is 37.1. The molecule has 2 N–H and O–H groups in total. The standard InChI is InChI=1S/C19H13NO5/c1-10-6-8-11(9-7-10)15(21)14-16(22)17(23)25-19(14)12-4-2-3-5-13(12)20-18(19)24/h2-9,21H,1H3,(H,20,24). The molecule has 1 amide bonds. The van der Waals surface area contributed by atoms with Gasteiger partial charge in [0, 0.05) is 16.8 Å². The van der Waals surface area contributed by atoms with Gasteiger partial charge < -0.3 is 15.2 Å². The van der Waals surface area contributed by atoms with E-state index in [0.29, 0.717) is 16.8 Å². The minimum Gasteiger partial charge on any atom is -0.507 e. The summed E-state index contributed by atoms with van der Waals surface area (Å²) in [6, 6.07) is 13.3. The van der Waals surface area contributed by atoms with E-state index in [0.717, 1.165) is 5.56 Å². The maximum atomic E-state index is 12.7. The van der Waals surface area contributed by atoms with Gasteiger partial charge in [0.2, 0.25) is 0 Å². The average molecular weight is 335 g/mol. The van der Waals surface area contributed by atoms with Crippen LogP contribution >= 0.6 is 0 Å². The Morgan fingerprint density at radius 3 is 2.44 bits per heavy atom. The molecule has 0 aliphatic carbocycles. The van der Waals surface area contributed by atoms with Gasteiger partial charge in [-0.1, -0.05) is 48.0 Å². The molecule has 1 atom stereocenters.